The molecule has 0 unspecified atom stereocenters. The molecule has 70 valence electrons. The first-order chi connectivity index (χ1) is 6.90. The number of benzene rings is 1. The lowest BCUT2D eigenvalue weighted by molar-refractivity contribution is 1.37. The predicted molar refractivity (Wildman–Crippen MR) is 61.5 cm³/mol. The number of rotatable bonds is 2. The van der Waals surface area contributed by atoms with E-state index in [1.165, 1.54) is 0 Å². The van der Waals surface area contributed by atoms with Gasteiger partial charge in [0.05, 0.1) is 11.2 Å². The van der Waals surface area contributed by atoms with Crippen molar-refractivity contribution in [2.45, 2.75) is 0 Å². The van der Waals surface area contributed by atoms with Crippen molar-refractivity contribution in [3.63, 3.8) is 0 Å². The van der Waals surface area contributed by atoms with Crippen molar-refractivity contribution in [1.29, 1.82) is 0 Å². The lowest BCUT2D eigenvalue weighted by atomic mass is 10.2. The van der Waals surface area contributed by atoms with Crippen molar-refractivity contribution in [3.8, 4) is 0 Å². The van der Waals surface area contributed by atoms with Crippen LogP contribution in [0.1, 0.15) is 5.69 Å². The smallest absolute Gasteiger partial charge is 0.0709 e. The monoisotopic (exact) mass is 203 g/mol. The minimum atomic E-state index is 0.522. The summed E-state index contributed by atoms with van der Waals surface area (Å²) in [5.41, 5.74) is 1.97. The summed E-state index contributed by atoms with van der Waals surface area (Å²) in [6.07, 6.45) is 3.82. The van der Waals surface area contributed by atoms with E-state index in [0.29, 0.717) is 5.88 Å². The van der Waals surface area contributed by atoms with Gasteiger partial charge in [-0.05, 0) is 18.2 Å². The maximum Gasteiger partial charge on any atom is 0.0709 e. The normalized spacial score (nSPS) is 11.2. The summed E-state index contributed by atoms with van der Waals surface area (Å²) in [5.74, 6) is 0.522. The molecule has 0 aliphatic heterocycles. The second-order valence-electron chi connectivity index (χ2n) is 2.99. The molecule has 2 rings (SSSR count). The second-order valence-corrected chi connectivity index (χ2v) is 3.29. The fourth-order valence-corrected chi connectivity index (χ4v) is 1.43. The minimum absolute atomic E-state index is 0.522. The molecule has 0 amide bonds. The number of pyridine rings is 1. The van der Waals surface area contributed by atoms with Crippen LogP contribution in [-0.4, -0.2) is 10.9 Å². The Morgan fingerprint density at radius 1 is 1.14 bits per heavy atom. The lowest BCUT2D eigenvalue weighted by Gasteiger charge is -1.97. The summed E-state index contributed by atoms with van der Waals surface area (Å²) in [7, 11) is 0. The molecule has 0 radical (unpaired) electrons. The maximum absolute atomic E-state index is 5.56. The van der Waals surface area contributed by atoms with E-state index in [-0.39, 0.29) is 0 Å². The number of nitrogens with zero attached hydrogens (tertiary/aromatic N) is 1. The van der Waals surface area contributed by atoms with Crippen LogP contribution in [-0.2, 0) is 0 Å². The average molecular weight is 204 g/mol. The van der Waals surface area contributed by atoms with E-state index in [4.69, 9.17) is 11.6 Å². The largest absolute Gasteiger partial charge is 0.248 e. The number of alkyl halides is 1. The van der Waals surface area contributed by atoms with Crippen molar-refractivity contribution >= 4 is 28.6 Å². The second kappa shape index (κ2) is 4.25. The van der Waals surface area contributed by atoms with Gasteiger partial charge in [-0.3, -0.25) is 0 Å². The molecule has 0 N–H and O–H groups in total. The molecular formula is C12H10ClN. The Kier molecular flexibility index (Phi) is 2.80. The van der Waals surface area contributed by atoms with E-state index >= 15 is 0 Å². The molecule has 1 nitrogen and oxygen atoms in total. The molecule has 0 spiro atoms. The molecule has 1 heterocycles. The molecule has 1 aromatic heterocycles. The van der Waals surface area contributed by atoms with Crippen LogP contribution in [0.25, 0.3) is 17.0 Å². The van der Waals surface area contributed by atoms with Crippen LogP contribution >= 0.6 is 11.6 Å². The molecule has 1 aromatic carbocycles. The number of para-hydroxylation sites is 1. The summed E-state index contributed by atoms with van der Waals surface area (Å²) >= 11 is 5.56. The predicted octanol–water partition coefficient (Wildman–Crippen LogP) is 3.49. The zero-order valence-electron chi connectivity index (χ0n) is 7.65. The summed E-state index contributed by atoms with van der Waals surface area (Å²) in [6.45, 7) is 0. The summed E-state index contributed by atoms with van der Waals surface area (Å²) in [5, 5.41) is 1.16. The molecule has 0 atom stereocenters. The molecule has 0 aliphatic carbocycles. The molecule has 2 aromatic rings. The van der Waals surface area contributed by atoms with Crippen LogP contribution < -0.4 is 0 Å². The Labute approximate surface area is 88.0 Å². The van der Waals surface area contributed by atoms with Gasteiger partial charge in [-0.15, -0.1) is 11.6 Å². The van der Waals surface area contributed by atoms with E-state index in [2.05, 4.69) is 17.1 Å². The number of aromatic nitrogens is 1. The van der Waals surface area contributed by atoms with Gasteiger partial charge < -0.3 is 0 Å². The van der Waals surface area contributed by atoms with Crippen molar-refractivity contribution in [2.24, 2.45) is 0 Å². The summed E-state index contributed by atoms with van der Waals surface area (Å²) in [4.78, 5) is 4.47. The third kappa shape index (κ3) is 1.94. The van der Waals surface area contributed by atoms with Gasteiger partial charge in [-0.25, -0.2) is 4.98 Å². The van der Waals surface area contributed by atoms with E-state index in [1.807, 2.05) is 36.4 Å². The standard InChI is InChI=1S/C12H10ClN/c13-9-3-5-11-8-7-10-4-1-2-6-12(10)14-11/h1-8H,9H2. The number of hydrogen-bond donors (Lipinski definition) is 0. The average Bonchev–Trinajstić information content (AvgIpc) is 2.26. The Morgan fingerprint density at radius 2 is 2.00 bits per heavy atom. The minimum Gasteiger partial charge on any atom is -0.248 e. The highest BCUT2D eigenvalue weighted by atomic mass is 35.5. The molecule has 0 saturated heterocycles. The fraction of sp³-hybridized carbons (Fsp3) is 0.0833. The third-order valence-corrected chi connectivity index (χ3v) is 2.18. The molecule has 0 fully saturated rings. The Morgan fingerprint density at radius 3 is 2.86 bits per heavy atom. The van der Waals surface area contributed by atoms with Crippen molar-refractivity contribution in [2.75, 3.05) is 5.88 Å². The van der Waals surface area contributed by atoms with Crippen LogP contribution in [0.15, 0.2) is 42.5 Å². The van der Waals surface area contributed by atoms with Crippen LogP contribution in [0.5, 0.6) is 0 Å². The topological polar surface area (TPSA) is 12.9 Å². The number of halogens is 1. The molecular weight excluding hydrogens is 194 g/mol. The highest BCUT2D eigenvalue weighted by Gasteiger charge is 1.93. The molecule has 0 saturated carbocycles. The summed E-state index contributed by atoms with van der Waals surface area (Å²) in [6, 6.07) is 12.1. The van der Waals surface area contributed by atoms with Crippen molar-refractivity contribution in [3.05, 3.63) is 48.2 Å². The van der Waals surface area contributed by atoms with Crippen LogP contribution in [0.4, 0.5) is 0 Å². The summed E-state index contributed by atoms with van der Waals surface area (Å²) < 4.78 is 0. The number of hydrogen-bond acceptors (Lipinski definition) is 1. The quantitative estimate of drug-likeness (QED) is 0.681. The molecule has 0 bridgehead atoms. The third-order valence-electron chi connectivity index (χ3n) is 2.00. The molecule has 0 aliphatic rings. The fourth-order valence-electron chi connectivity index (χ4n) is 1.34. The lowest BCUT2D eigenvalue weighted by Crippen LogP contribution is -1.82. The van der Waals surface area contributed by atoms with Crippen LogP contribution in [0, 0.1) is 0 Å². The Bertz CT molecular complexity index is 463. The highest BCUT2D eigenvalue weighted by Crippen LogP contribution is 2.12. The van der Waals surface area contributed by atoms with Gasteiger partial charge in [-0.1, -0.05) is 30.3 Å². The number of allylic oxidation sites excluding steroid dienone is 1. The zero-order chi connectivity index (χ0) is 9.80. The van der Waals surface area contributed by atoms with Gasteiger partial charge in [-0.2, -0.15) is 0 Å². The first-order valence-electron chi connectivity index (χ1n) is 4.48. The maximum atomic E-state index is 5.56. The van der Waals surface area contributed by atoms with Crippen molar-refractivity contribution in [1.82, 2.24) is 4.98 Å². The van der Waals surface area contributed by atoms with Gasteiger partial charge in [0, 0.05) is 11.3 Å². The van der Waals surface area contributed by atoms with Crippen LogP contribution in [0.2, 0.25) is 0 Å². The van der Waals surface area contributed by atoms with E-state index in [1.54, 1.807) is 0 Å². The van der Waals surface area contributed by atoms with Crippen LogP contribution in [0.3, 0.4) is 0 Å². The van der Waals surface area contributed by atoms with Gasteiger partial charge in [0.1, 0.15) is 0 Å². The first kappa shape index (κ1) is 9.22. The Hall–Kier alpha value is -1.34. The van der Waals surface area contributed by atoms with Gasteiger partial charge in [0.15, 0.2) is 0 Å². The van der Waals surface area contributed by atoms with E-state index in [0.717, 1.165) is 16.6 Å². The number of fused-ring (bicyclic) bond motifs is 1. The van der Waals surface area contributed by atoms with Gasteiger partial charge >= 0.3 is 0 Å². The van der Waals surface area contributed by atoms with E-state index in [9.17, 15) is 0 Å². The Balaban J connectivity index is 2.46. The molecule has 2 heteroatoms. The van der Waals surface area contributed by atoms with Gasteiger partial charge in [0.2, 0.25) is 0 Å². The van der Waals surface area contributed by atoms with Crippen molar-refractivity contribution < 1.29 is 0 Å². The molecule has 14 heavy (non-hydrogen) atoms. The first-order valence-corrected chi connectivity index (χ1v) is 5.02. The van der Waals surface area contributed by atoms with E-state index < -0.39 is 0 Å². The highest BCUT2D eigenvalue weighted by molar-refractivity contribution is 6.19. The van der Waals surface area contributed by atoms with Gasteiger partial charge in [0.25, 0.3) is 0 Å². The zero-order valence-corrected chi connectivity index (χ0v) is 8.41. The SMILES string of the molecule is ClCC=Cc1ccc2ccccc2n1.